The Bertz CT molecular complexity index is 378. The van der Waals surface area contributed by atoms with Gasteiger partial charge in [-0.15, -0.1) is 0 Å². The number of hydrogen-bond acceptors (Lipinski definition) is 1. The fourth-order valence-corrected chi connectivity index (χ4v) is 1.08. The Morgan fingerprint density at radius 1 is 1.19 bits per heavy atom. The van der Waals surface area contributed by atoms with E-state index in [-0.39, 0.29) is 63.6 Å². The van der Waals surface area contributed by atoms with Crippen LogP contribution in [0.25, 0.3) is 0 Å². The predicted octanol–water partition coefficient (Wildman–Crippen LogP) is -0.188. The Labute approximate surface area is 134 Å². The third-order valence-corrected chi connectivity index (χ3v) is 1.86. The summed E-state index contributed by atoms with van der Waals surface area (Å²) in [6, 6.07) is -0.0463. The van der Waals surface area contributed by atoms with Gasteiger partial charge in [-0.3, -0.25) is 0 Å². The fraction of sp³-hybridized carbons (Fsp3) is 0.167. The molecule has 0 amide bonds. The van der Waals surface area contributed by atoms with Gasteiger partial charge in [0.15, 0.2) is 0 Å². The van der Waals surface area contributed by atoms with E-state index in [9.17, 15) is 26.1 Å². The zero-order valence-corrected chi connectivity index (χ0v) is 11.7. The molecular weight excluding hydrogens is 285 g/mol. The van der Waals surface area contributed by atoms with Crippen LogP contribution in [0.4, 0.5) is 26.1 Å². The Morgan fingerprint density at radius 3 is 2.06 bits per heavy atom. The van der Waals surface area contributed by atoms with Crippen LogP contribution in [0.3, 0.4) is 0 Å². The average Bonchev–Trinajstić information content (AvgIpc) is 2.00. The summed E-state index contributed by atoms with van der Waals surface area (Å²) in [5.41, 5.74) is -3.01. The molecule has 0 unspecified atom stereocenters. The molecule has 0 saturated heterocycles. The van der Waals surface area contributed by atoms with E-state index in [0.29, 0.717) is 0 Å². The maximum atomic E-state index is 12.2. The second kappa shape index (κ2) is 5.57. The summed E-state index contributed by atoms with van der Waals surface area (Å²) in [4.78, 5) is 2.85. The zero-order valence-electron chi connectivity index (χ0n) is 7.83. The molecule has 0 spiro atoms. The van der Waals surface area contributed by atoms with Gasteiger partial charge in [0, 0.05) is 6.20 Å². The minimum absolute atomic E-state index is 0. The van der Waals surface area contributed by atoms with Crippen molar-refractivity contribution in [1.82, 2.24) is 4.98 Å². The second-order valence-electron chi connectivity index (χ2n) is 2.68. The molecule has 1 heterocycles. The van der Waals surface area contributed by atoms with Gasteiger partial charge in [0.05, 0.1) is 5.56 Å². The minimum Gasteiger partial charge on any atom is -0.445 e. The quantitative estimate of drug-likeness (QED) is 0.396. The molecule has 0 N–H and O–H groups in total. The van der Waals surface area contributed by atoms with E-state index in [4.69, 9.17) is 11.6 Å². The van der Waals surface area contributed by atoms with E-state index in [2.05, 4.69) is 4.98 Å². The van der Waals surface area contributed by atoms with E-state index < -0.39 is 29.3 Å². The van der Waals surface area contributed by atoms with Crippen molar-refractivity contribution in [1.29, 1.82) is 0 Å². The minimum atomic E-state index is -5.60. The van der Waals surface area contributed by atoms with Gasteiger partial charge >= 0.3 is 64.5 Å². The van der Waals surface area contributed by atoms with Crippen LogP contribution in [0, 0.1) is 0 Å². The van der Waals surface area contributed by atoms with Crippen molar-refractivity contribution in [3.63, 3.8) is 0 Å². The molecule has 0 bridgehead atoms. The van der Waals surface area contributed by atoms with Crippen LogP contribution in [-0.4, -0.2) is 12.0 Å². The molecule has 0 aliphatic rings. The monoisotopic (exact) mass is 287 g/mol. The first-order valence-electron chi connectivity index (χ1n) is 3.55. The van der Waals surface area contributed by atoms with Gasteiger partial charge in [-0.25, -0.2) is 4.98 Å². The third-order valence-electron chi connectivity index (χ3n) is 1.55. The third kappa shape index (κ3) is 4.19. The van der Waals surface area contributed by atoms with Crippen LogP contribution in [0.1, 0.15) is 5.56 Å². The number of rotatable bonds is 1. The Balaban J connectivity index is 0.00000225. The molecule has 0 atom stereocenters. The second-order valence-corrected chi connectivity index (χ2v) is 3.03. The first kappa shape index (κ1) is 16.7. The Hall–Kier alpha value is 0.721. The van der Waals surface area contributed by atoms with Crippen molar-refractivity contribution in [3.8, 4) is 0 Å². The van der Waals surface area contributed by atoms with Crippen LogP contribution >= 0.6 is 11.6 Å². The number of pyridine rings is 1. The number of aromatic nitrogens is 1. The van der Waals surface area contributed by atoms with Gasteiger partial charge in [0.1, 0.15) is 5.15 Å². The number of hydrogen-bond donors (Lipinski definition) is 0. The van der Waals surface area contributed by atoms with Crippen LogP contribution < -0.4 is 56.8 Å². The van der Waals surface area contributed by atoms with Gasteiger partial charge in [0.2, 0.25) is 0 Å². The van der Waals surface area contributed by atoms with Crippen molar-refractivity contribution < 1.29 is 77.5 Å². The van der Waals surface area contributed by atoms with Crippen molar-refractivity contribution in [2.75, 3.05) is 0 Å². The molecule has 0 aliphatic heterocycles. The zero-order chi connectivity index (χ0) is 11.9. The van der Waals surface area contributed by atoms with Crippen LogP contribution in [0.5, 0.6) is 0 Å². The standard InChI is InChI=1S/C6H2BClF6N.K/c8-5-4(7(12,13)14)1-3(2-15-5)6(9,10)11;/h1-2H;/q-1;+1. The molecule has 0 aromatic carbocycles. The number of nitrogens with zero attached hydrogens (tertiary/aromatic N) is 1. The summed E-state index contributed by atoms with van der Waals surface area (Å²) in [7, 11) is 0. The van der Waals surface area contributed by atoms with E-state index in [0.717, 1.165) is 0 Å². The smallest absolute Gasteiger partial charge is 0.445 e. The molecule has 0 saturated carbocycles. The largest absolute Gasteiger partial charge is 1.00 e. The van der Waals surface area contributed by atoms with Gasteiger partial charge in [-0.05, 0) is 0 Å². The summed E-state index contributed by atoms with van der Waals surface area (Å²) >= 11 is 5.05. The molecule has 1 aromatic heterocycles. The first-order valence-corrected chi connectivity index (χ1v) is 3.93. The maximum absolute atomic E-state index is 12.2. The summed E-state index contributed by atoms with van der Waals surface area (Å²) in [5, 5.41) is -0.976. The molecule has 84 valence electrons. The van der Waals surface area contributed by atoms with E-state index >= 15 is 0 Å². The normalized spacial score (nSPS) is 12.2. The number of halogens is 7. The van der Waals surface area contributed by atoms with Gasteiger partial charge in [-0.2, -0.15) is 13.2 Å². The summed E-state index contributed by atoms with van der Waals surface area (Å²) in [5.74, 6) is 0. The molecule has 1 aromatic rings. The van der Waals surface area contributed by atoms with Crippen LogP contribution in [0.15, 0.2) is 12.3 Å². The molecule has 1 rings (SSSR count). The molecule has 0 aliphatic carbocycles. The van der Waals surface area contributed by atoms with E-state index in [1.54, 1.807) is 0 Å². The fourth-order valence-electron chi connectivity index (χ4n) is 0.850. The first-order chi connectivity index (χ1) is 6.62. The Morgan fingerprint density at radius 2 is 1.69 bits per heavy atom. The van der Waals surface area contributed by atoms with Crippen molar-refractivity contribution in [2.24, 2.45) is 0 Å². The van der Waals surface area contributed by atoms with Crippen LogP contribution in [0.2, 0.25) is 5.15 Å². The van der Waals surface area contributed by atoms with Gasteiger partial charge < -0.3 is 12.9 Å². The van der Waals surface area contributed by atoms with Gasteiger partial charge in [0.25, 0.3) is 0 Å². The SMILES string of the molecule is F[B-](F)(F)c1cc(C(F)(F)F)cnc1Cl.[K+]. The molecular formula is C6H2BClF6KN. The van der Waals surface area contributed by atoms with Crippen molar-refractivity contribution in [3.05, 3.63) is 23.0 Å². The molecule has 10 heteroatoms. The van der Waals surface area contributed by atoms with E-state index in [1.165, 1.54) is 0 Å². The molecule has 1 nitrogen and oxygen atoms in total. The maximum Gasteiger partial charge on any atom is 1.00 e. The summed E-state index contributed by atoms with van der Waals surface area (Å²) in [6.07, 6.45) is -4.61. The molecule has 0 radical (unpaired) electrons. The summed E-state index contributed by atoms with van der Waals surface area (Å²) in [6.45, 7) is -5.60. The Kier molecular flexibility index (Phi) is 5.83. The molecule has 16 heavy (non-hydrogen) atoms. The van der Waals surface area contributed by atoms with Crippen LogP contribution in [-0.2, 0) is 6.18 Å². The van der Waals surface area contributed by atoms with Crippen molar-refractivity contribution >= 4 is 24.0 Å². The van der Waals surface area contributed by atoms with Gasteiger partial charge in [-0.1, -0.05) is 23.1 Å². The average molecular weight is 287 g/mol. The predicted molar refractivity (Wildman–Crippen MR) is 43.0 cm³/mol. The topological polar surface area (TPSA) is 12.9 Å². The number of alkyl halides is 3. The van der Waals surface area contributed by atoms with E-state index in [1.807, 2.05) is 0 Å². The molecule has 0 fully saturated rings. The van der Waals surface area contributed by atoms with Crippen molar-refractivity contribution in [2.45, 2.75) is 6.18 Å². The summed E-state index contributed by atoms with van der Waals surface area (Å²) < 4.78 is 72.7.